The Kier molecular flexibility index (Phi) is 4.32. The van der Waals surface area contributed by atoms with Crippen molar-refractivity contribution in [3.05, 3.63) is 64.0 Å². The highest BCUT2D eigenvalue weighted by atomic mass is 32.1. The average molecular weight is 296 g/mol. The molecule has 1 unspecified atom stereocenters. The summed E-state index contributed by atoms with van der Waals surface area (Å²) < 4.78 is 0. The fourth-order valence-corrected chi connectivity index (χ4v) is 3.50. The fraction of sp³-hybridized carbons (Fsp3) is 0.278. The molecule has 0 aliphatic carbocycles. The Hall–Kier alpha value is -1.71. The molecule has 0 amide bonds. The van der Waals surface area contributed by atoms with Crippen LogP contribution >= 0.6 is 11.3 Å². The summed E-state index contributed by atoms with van der Waals surface area (Å²) in [6.45, 7) is 5.29. The molecule has 3 aromatic rings. The number of nitrogens with one attached hydrogen (secondary N) is 1. The first-order valence-corrected chi connectivity index (χ1v) is 8.30. The molecule has 0 bridgehead atoms. The number of fused-ring (bicyclic) bond motifs is 1. The van der Waals surface area contributed by atoms with Gasteiger partial charge >= 0.3 is 0 Å². The van der Waals surface area contributed by atoms with Gasteiger partial charge in [-0.2, -0.15) is 0 Å². The van der Waals surface area contributed by atoms with E-state index >= 15 is 0 Å². The zero-order chi connectivity index (χ0) is 14.7. The van der Waals surface area contributed by atoms with Crippen molar-refractivity contribution in [2.45, 2.75) is 26.3 Å². The van der Waals surface area contributed by atoms with E-state index in [0.29, 0.717) is 0 Å². The van der Waals surface area contributed by atoms with Gasteiger partial charge in [0.25, 0.3) is 0 Å². The van der Waals surface area contributed by atoms with Gasteiger partial charge in [-0.1, -0.05) is 31.2 Å². The third kappa shape index (κ3) is 2.99. The highest BCUT2D eigenvalue weighted by Crippen LogP contribution is 2.31. The number of rotatable bonds is 5. The average Bonchev–Trinajstić information content (AvgIpc) is 3.01. The molecule has 108 valence electrons. The summed E-state index contributed by atoms with van der Waals surface area (Å²) in [6.07, 6.45) is 1.13. The van der Waals surface area contributed by atoms with Crippen molar-refractivity contribution in [3.63, 3.8) is 0 Å². The summed E-state index contributed by atoms with van der Waals surface area (Å²) in [5.74, 6) is 0. The minimum Gasteiger partial charge on any atom is -0.306 e. The van der Waals surface area contributed by atoms with Gasteiger partial charge < -0.3 is 5.32 Å². The molecule has 0 spiro atoms. The van der Waals surface area contributed by atoms with Crippen LogP contribution in [0.2, 0.25) is 0 Å². The van der Waals surface area contributed by atoms with Gasteiger partial charge in [0.05, 0.1) is 11.6 Å². The van der Waals surface area contributed by atoms with Crippen LogP contribution in [0.1, 0.15) is 35.5 Å². The number of benzene rings is 1. The Balaban J connectivity index is 2.14. The van der Waals surface area contributed by atoms with Crippen molar-refractivity contribution in [1.29, 1.82) is 0 Å². The number of para-hydroxylation sites is 1. The summed E-state index contributed by atoms with van der Waals surface area (Å²) in [6, 6.07) is 15.2. The van der Waals surface area contributed by atoms with Crippen molar-refractivity contribution in [3.8, 4) is 0 Å². The first-order chi connectivity index (χ1) is 10.3. The number of hydrogen-bond donors (Lipinski definition) is 1. The highest BCUT2D eigenvalue weighted by Gasteiger charge is 2.17. The molecule has 0 saturated heterocycles. The van der Waals surface area contributed by atoms with Crippen molar-refractivity contribution < 1.29 is 0 Å². The third-order valence-electron chi connectivity index (χ3n) is 3.61. The maximum atomic E-state index is 4.66. The summed E-state index contributed by atoms with van der Waals surface area (Å²) in [5.41, 5.74) is 3.48. The molecular formula is C18H20N2S. The number of hydrogen-bond acceptors (Lipinski definition) is 3. The molecule has 3 heteroatoms. The van der Waals surface area contributed by atoms with Crippen LogP contribution in [0.4, 0.5) is 0 Å². The first-order valence-electron chi connectivity index (χ1n) is 7.42. The normalized spacial score (nSPS) is 12.7. The molecule has 21 heavy (non-hydrogen) atoms. The molecule has 3 rings (SSSR count). The second-order valence-corrected chi connectivity index (χ2v) is 6.25. The fourth-order valence-electron chi connectivity index (χ4n) is 2.69. The summed E-state index contributed by atoms with van der Waals surface area (Å²) >= 11 is 1.81. The topological polar surface area (TPSA) is 24.9 Å². The van der Waals surface area contributed by atoms with E-state index in [4.69, 9.17) is 0 Å². The Labute approximate surface area is 129 Å². The molecule has 0 radical (unpaired) electrons. The van der Waals surface area contributed by atoms with Crippen LogP contribution in [0.3, 0.4) is 0 Å². The smallest absolute Gasteiger partial charge is 0.0708 e. The summed E-state index contributed by atoms with van der Waals surface area (Å²) in [5, 5.41) is 7.08. The Morgan fingerprint density at radius 3 is 2.81 bits per heavy atom. The maximum absolute atomic E-state index is 4.66. The zero-order valence-corrected chi connectivity index (χ0v) is 13.3. The molecule has 2 heterocycles. The lowest BCUT2D eigenvalue weighted by Crippen LogP contribution is -2.22. The Bertz CT molecular complexity index is 719. The SMILES string of the molecule is CCCNC(c1cccs1)c1cc(C)nc2ccccc12. The highest BCUT2D eigenvalue weighted by molar-refractivity contribution is 7.10. The number of aromatic nitrogens is 1. The number of nitrogens with zero attached hydrogens (tertiary/aromatic N) is 1. The van der Waals surface area contributed by atoms with E-state index in [0.717, 1.165) is 24.2 Å². The standard InChI is InChI=1S/C18H20N2S/c1-3-10-19-18(17-9-6-11-21-17)15-12-13(2)20-16-8-5-4-7-14(15)16/h4-9,11-12,18-19H,3,10H2,1-2H3. The van der Waals surface area contributed by atoms with E-state index in [1.165, 1.54) is 15.8 Å². The van der Waals surface area contributed by atoms with Crippen LogP contribution in [0, 0.1) is 6.92 Å². The maximum Gasteiger partial charge on any atom is 0.0708 e. The molecule has 2 nitrogen and oxygen atoms in total. The Morgan fingerprint density at radius 2 is 2.05 bits per heavy atom. The van der Waals surface area contributed by atoms with Gasteiger partial charge in [-0.25, -0.2) is 0 Å². The molecule has 1 atom stereocenters. The van der Waals surface area contributed by atoms with Gasteiger partial charge in [0.15, 0.2) is 0 Å². The quantitative estimate of drug-likeness (QED) is 0.738. The van der Waals surface area contributed by atoms with E-state index in [1.54, 1.807) is 0 Å². The van der Waals surface area contributed by atoms with E-state index in [9.17, 15) is 0 Å². The predicted octanol–water partition coefficient (Wildman–Crippen LogP) is 4.69. The monoisotopic (exact) mass is 296 g/mol. The second-order valence-electron chi connectivity index (χ2n) is 5.27. The lowest BCUT2D eigenvalue weighted by molar-refractivity contribution is 0.608. The summed E-state index contributed by atoms with van der Waals surface area (Å²) in [7, 11) is 0. The first kappa shape index (κ1) is 14.2. The zero-order valence-electron chi connectivity index (χ0n) is 12.5. The lowest BCUT2D eigenvalue weighted by Gasteiger charge is -2.20. The second kappa shape index (κ2) is 6.37. The van der Waals surface area contributed by atoms with Crippen LogP contribution in [0.15, 0.2) is 47.8 Å². The number of pyridine rings is 1. The minimum atomic E-state index is 0.247. The molecule has 1 aromatic carbocycles. The van der Waals surface area contributed by atoms with E-state index in [-0.39, 0.29) is 6.04 Å². The molecule has 1 N–H and O–H groups in total. The summed E-state index contributed by atoms with van der Waals surface area (Å²) in [4.78, 5) is 6.02. The van der Waals surface area contributed by atoms with Crippen molar-refractivity contribution in [2.24, 2.45) is 0 Å². The van der Waals surface area contributed by atoms with Crippen molar-refractivity contribution >= 4 is 22.2 Å². The van der Waals surface area contributed by atoms with E-state index in [2.05, 4.69) is 72.0 Å². The van der Waals surface area contributed by atoms with Gasteiger partial charge in [0.1, 0.15) is 0 Å². The van der Waals surface area contributed by atoms with Crippen LogP contribution in [-0.2, 0) is 0 Å². The molecule has 0 aliphatic heterocycles. The van der Waals surface area contributed by atoms with Crippen LogP contribution in [-0.4, -0.2) is 11.5 Å². The lowest BCUT2D eigenvalue weighted by atomic mass is 9.99. The van der Waals surface area contributed by atoms with Gasteiger partial charge in [-0.05, 0) is 49.0 Å². The van der Waals surface area contributed by atoms with Gasteiger partial charge in [0, 0.05) is 16.0 Å². The van der Waals surface area contributed by atoms with Crippen LogP contribution in [0.5, 0.6) is 0 Å². The molecule has 2 aromatic heterocycles. The largest absolute Gasteiger partial charge is 0.306 e. The van der Waals surface area contributed by atoms with Crippen LogP contribution < -0.4 is 5.32 Å². The minimum absolute atomic E-state index is 0.247. The van der Waals surface area contributed by atoms with Crippen LogP contribution in [0.25, 0.3) is 10.9 Å². The molecular weight excluding hydrogens is 276 g/mol. The van der Waals surface area contributed by atoms with Gasteiger partial charge in [0.2, 0.25) is 0 Å². The number of thiophene rings is 1. The number of aryl methyl sites for hydroxylation is 1. The van der Waals surface area contributed by atoms with E-state index in [1.807, 2.05) is 11.3 Å². The van der Waals surface area contributed by atoms with E-state index < -0.39 is 0 Å². The third-order valence-corrected chi connectivity index (χ3v) is 4.55. The van der Waals surface area contributed by atoms with Crippen molar-refractivity contribution in [2.75, 3.05) is 6.54 Å². The molecule has 0 fully saturated rings. The Morgan fingerprint density at radius 1 is 1.19 bits per heavy atom. The van der Waals surface area contributed by atoms with Crippen molar-refractivity contribution in [1.82, 2.24) is 10.3 Å². The van der Waals surface area contributed by atoms with Gasteiger partial charge in [-0.15, -0.1) is 11.3 Å². The predicted molar refractivity (Wildman–Crippen MR) is 90.9 cm³/mol. The molecule has 0 saturated carbocycles. The molecule has 0 aliphatic rings. The van der Waals surface area contributed by atoms with Gasteiger partial charge in [-0.3, -0.25) is 4.98 Å².